The summed E-state index contributed by atoms with van der Waals surface area (Å²) in [5.41, 5.74) is 0.251. The molecule has 0 atom stereocenters. The van der Waals surface area contributed by atoms with Crippen LogP contribution in [0.25, 0.3) is 0 Å². The van der Waals surface area contributed by atoms with E-state index in [4.69, 9.17) is 10.7 Å². The molecular weight excluding hydrogens is 317 g/mol. The van der Waals surface area contributed by atoms with E-state index in [0.717, 1.165) is 25.3 Å². The van der Waals surface area contributed by atoms with E-state index >= 15 is 0 Å². The molecule has 0 heterocycles. The normalized spacial score (nSPS) is 15.0. The Morgan fingerprint density at radius 3 is 2.52 bits per heavy atom. The van der Waals surface area contributed by atoms with Crippen LogP contribution in [0.5, 0.6) is 0 Å². The fraction of sp³-hybridized carbons (Fsp3) is 0.500. The molecule has 0 aromatic heterocycles. The summed E-state index contributed by atoms with van der Waals surface area (Å²) in [5, 5.41) is 0. The third kappa shape index (κ3) is 3.55. The van der Waals surface area contributed by atoms with Gasteiger partial charge in [-0.15, -0.1) is 0 Å². The van der Waals surface area contributed by atoms with E-state index < -0.39 is 19.8 Å². The van der Waals surface area contributed by atoms with Gasteiger partial charge in [-0.1, -0.05) is 6.92 Å². The van der Waals surface area contributed by atoms with E-state index in [-0.39, 0.29) is 23.1 Å². The summed E-state index contributed by atoms with van der Waals surface area (Å²) in [6.07, 6.45) is 2.71. The van der Waals surface area contributed by atoms with Crippen molar-refractivity contribution >= 4 is 25.6 Å². The highest BCUT2D eigenvalue weighted by Crippen LogP contribution is 2.30. The summed E-state index contributed by atoms with van der Waals surface area (Å²) >= 11 is 0. The highest BCUT2D eigenvalue weighted by Gasteiger charge is 2.33. The van der Waals surface area contributed by atoms with Gasteiger partial charge in [-0.05, 0) is 43.9 Å². The van der Waals surface area contributed by atoms with Gasteiger partial charge in [0.15, 0.2) is 0 Å². The van der Waals surface area contributed by atoms with Gasteiger partial charge >= 0.3 is 0 Å². The predicted octanol–water partition coefficient (Wildman–Crippen LogP) is 3.08. The van der Waals surface area contributed by atoms with Crippen molar-refractivity contribution < 1.29 is 17.6 Å². The van der Waals surface area contributed by atoms with Crippen LogP contribution in [-0.2, 0) is 9.05 Å². The molecular formula is C14H17ClFNO3S. The molecule has 1 saturated carbocycles. The highest BCUT2D eigenvalue weighted by molar-refractivity contribution is 8.13. The number of carbonyl (C=O) groups excluding carboxylic acids is 1. The van der Waals surface area contributed by atoms with Gasteiger partial charge in [0.1, 0.15) is 10.7 Å². The molecule has 0 aliphatic heterocycles. The fourth-order valence-corrected chi connectivity index (χ4v) is 3.26. The summed E-state index contributed by atoms with van der Waals surface area (Å²) in [6, 6.07) is 2.60. The molecule has 1 amide bonds. The lowest BCUT2D eigenvalue weighted by atomic mass is 10.1. The Balaban J connectivity index is 2.44. The summed E-state index contributed by atoms with van der Waals surface area (Å²) in [7, 11) is 1.01. The van der Waals surface area contributed by atoms with Crippen LogP contribution in [0.4, 0.5) is 4.39 Å². The molecule has 0 radical (unpaired) electrons. The second-order valence-electron chi connectivity index (χ2n) is 5.27. The zero-order chi connectivity index (χ0) is 15.8. The quantitative estimate of drug-likeness (QED) is 0.778. The van der Waals surface area contributed by atoms with Crippen molar-refractivity contribution in [3.63, 3.8) is 0 Å². The van der Waals surface area contributed by atoms with Crippen LogP contribution in [0.15, 0.2) is 17.0 Å². The van der Waals surface area contributed by atoms with Gasteiger partial charge < -0.3 is 4.90 Å². The van der Waals surface area contributed by atoms with E-state index in [9.17, 15) is 17.6 Å². The summed E-state index contributed by atoms with van der Waals surface area (Å²) in [6.45, 7) is 3.98. The fourth-order valence-electron chi connectivity index (χ4n) is 2.28. The number of carbonyl (C=O) groups is 1. The van der Waals surface area contributed by atoms with Gasteiger partial charge in [-0.25, -0.2) is 12.8 Å². The first-order chi connectivity index (χ1) is 9.75. The van der Waals surface area contributed by atoms with Crippen LogP contribution in [0.3, 0.4) is 0 Å². The predicted molar refractivity (Wildman–Crippen MR) is 78.5 cm³/mol. The molecule has 0 bridgehead atoms. The van der Waals surface area contributed by atoms with Crippen LogP contribution in [-0.4, -0.2) is 31.8 Å². The zero-order valence-electron chi connectivity index (χ0n) is 11.9. The Morgan fingerprint density at radius 1 is 1.43 bits per heavy atom. The Labute approximate surface area is 128 Å². The average molecular weight is 334 g/mol. The van der Waals surface area contributed by atoms with Crippen LogP contribution in [0.2, 0.25) is 0 Å². The first-order valence-corrected chi connectivity index (χ1v) is 9.12. The number of hydrogen-bond donors (Lipinski definition) is 0. The van der Waals surface area contributed by atoms with E-state index in [0.29, 0.717) is 6.54 Å². The molecule has 2 rings (SSSR count). The first kappa shape index (κ1) is 16.2. The Morgan fingerprint density at radius 2 is 2.05 bits per heavy atom. The number of benzene rings is 1. The number of rotatable bonds is 5. The van der Waals surface area contributed by atoms with E-state index in [1.54, 1.807) is 4.90 Å². The Kier molecular flexibility index (Phi) is 4.58. The minimum absolute atomic E-state index is 0.0901. The molecule has 1 aromatic carbocycles. The molecule has 0 saturated heterocycles. The molecule has 1 aromatic rings. The molecule has 1 aliphatic carbocycles. The minimum Gasteiger partial charge on any atom is -0.336 e. The third-order valence-corrected chi connectivity index (χ3v) is 4.76. The Hall–Kier alpha value is -1.14. The zero-order valence-corrected chi connectivity index (χ0v) is 13.5. The molecule has 1 fully saturated rings. The number of nitrogens with zero attached hydrogens (tertiary/aromatic N) is 1. The molecule has 1 aliphatic rings. The summed E-state index contributed by atoms with van der Waals surface area (Å²) in [5.74, 6) is -1.18. The van der Waals surface area contributed by atoms with Gasteiger partial charge in [0, 0.05) is 28.8 Å². The maximum absolute atomic E-state index is 13.9. The van der Waals surface area contributed by atoms with Crippen molar-refractivity contribution in [1.29, 1.82) is 0 Å². The lowest BCUT2D eigenvalue weighted by Gasteiger charge is -2.22. The molecule has 0 unspecified atom stereocenters. The van der Waals surface area contributed by atoms with Gasteiger partial charge in [0.2, 0.25) is 0 Å². The lowest BCUT2D eigenvalue weighted by molar-refractivity contribution is 0.0742. The van der Waals surface area contributed by atoms with Crippen LogP contribution >= 0.6 is 10.7 Å². The van der Waals surface area contributed by atoms with Crippen LogP contribution < -0.4 is 0 Å². The molecule has 0 N–H and O–H groups in total. The number of halogens is 2. The second kappa shape index (κ2) is 5.93. The van der Waals surface area contributed by atoms with Gasteiger partial charge in [-0.3, -0.25) is 4.79 Å². The van der Waals surface area contributed by atoms with E-state index in [2.05, 4.69) is 0 Å². The largest absolute Gasteiger partial charge is 0.336 e. The van der Waals surface area contributed by atoms with Gasteiger partial charge in [0.25, 0.3) is 15.0 Å². The highest BCUT2D eigenvalue weighted by atomic mass is 35.7. The van der Waals surface area contributed by atoms with E-state index in [1.165, 1.54) is 13.0 Å². The van der Waals surface area contributed by atoms with Crippen molar-refractivity contribution in [2.24, 2.45) is 0 Å². The summed E-state index contributed by atoms with van der Waals surface area (Å²) in [4.78, 5) is 13.6. The number of aryl methyl sites for hydroxylation is 1. The molecule has 0 spiro atoms. The maximum Gasteiger partial charge on any atom is 0.264 e. The second-order valence-corrected chi connectivity index (χ2v) is 7.81. The molecule has 7 heteroatoms. The van der Waals surface area contributed by atoms with Gasteiger partial charge in [0.05, 0.1) is 0 Å². The molecule has 21 heavy (non-hydrogen) atoms. The van der Waals surface area contributed by atoms with Crippen LogP contribution in [0.1, 0.15) is 42.1 Å². The topological polar surface area (TPSA) is 54.5 Å². The van der Waals surface area contributed by atoms with Crippen molar-refractivity contribution in [3.05, 3.63) is 29.1 Å². The van der Waals surface area contributed by atoms with Crippen molar-refractivity contribution in [2.75, 3.05) is 6.54 Å². The van der Waals surface area contributed by atoms with Crippen LogP contribution in [0, 0.1) is 12.7 Å². The van der Waals surface area contributed by atoms with Crippen molar-refractivity contribution in [2.45, 2.75) is 44.0 Å². The standard InChI is InChI=1S/C14H17ClFNO3S/c1-3-6-17(11-4-5-11)14(18)10-7-9(2)13(16)12(8-10)21(15,19)20/h7-8,11H,3-6H2,1-2H3. The van der Waals surface area contributed by atoms with Crippen molar-refractivity contribution in [1.82, 2.24) is 4.90 Å². The van der Waals surface area contributed by atoms with Crippen molar-refractivity contribution in [3.8, 4) is 0 Å². The third-order valence-electron chi connectivity index (χ3n) is 3.44. The lowest BCUT2D eigenvalue weighted by Crippen LogP contribution is -2.34. The van der Waals surface area contributed by atoms with E-state index in [1.807, 2.05) is 6.92 Å². The molecule has 116 valence electrons. The minimum atomic E-state index is -4.23. The SMILES string of the molecule is CCCN(C(=O)c1cc(C)c(F)c(S(=O)(=O)Cl)c1)C1CC1. The maximum atomic E-state index is 13.9. The molecule has 4 nitrogen and oxygen atoms in total. The Bertz CT molecular complexity index is 671. The summed E-state index contributed by atoms with van der Waals surface area (Å²) < 4.78 is 36.7. The van der Waals surface area contributed by atoms with Gasteiger partial charge in [-0.2, -0.15) is 0 Å². The monoisotopic (exact) mass is 333 g/mol. The average Bonchev–Trinajstić information content (AvgIpc) is 3.21. The first-order valence-electron chi connectivity index (χ1n) is 6.81. The smallest absolute Gasteiger partial charge is 0.264 e. The number of hydrogen-bond acceptors (Lipinski definition) is 3. The number of amides is 1.